The van der Waals surface area contributed by atoms with Crippen LogP contribution in [0.1, 0.15) is 22.7 Å². The number of rotatable bonds is 3. The Kier molecular flexibility index (Phi) is 3.69. The third-order valence-corrected chi connectivity index (χ3v) is 3.91. The van der Waals surface area contributed by atoms with E-state index in [9.17, 15) is 4.39 Å². The first-order chi connectivity index (χ1) is 8.06. The fourth-order valence-corrected chi connectivity index (χ4v) is 2.65. The molecule has 0 aliphatic carbocycles. The maximum atomic E-state index is 13.5. The second-order valence-electron chi connectivity index (χ2n) is 3.94. The monoisotopic (exact) mass is 269 g/mol. The van der Waals surface area contributed by atoms with Crippen LogP contribution in [0.25, 0.3) is 0 Å². The van der Waals surface area contributed by atoms with Crippen LogP contribution in [0.4, 0.5) is 10.1 Å². The second-order valence-corrected chi connectivity index (χ2v) is 5.69. The molecule has 0 amide bonds. The molecule has 2 aromatic rings. The third kappa shape index (κ3) is 2.99. The Morgan fingerprint density at radius 3 is 2.71 bits per heavy atom. The SMILES string of the molecule is Cc1ccc(C(C)Nc2cc(Cl)ccc2F)s1. The quantitative estimate of drug-likeness (QED) is 0.825. The minimum absolute atomic E-state index is 0.0710. The van der Waals surface area contributed by atoms with Gasteiger partial charge in [0.15, 0.2) is 0 Å². The summed E-state index contributed by atoms with van der Waals surface area (Å²) < 4.78 is 13.5. The van der Waals surface area contributed by atoms with Crippen LogP contribution in [-0.2, 0) is 0 Å². The first-order valence-electron chi connectivity index (χ1n) is 5.34. The van der Waals surface area contributed by atoms with E-state index in [1.165, 1.54) is 15.8 Å². The summed E-state index contributed by atoms with van der Waals surface area (Å²) in [6.45, 7) is 4.06. The first kappa shape index (κ1) is 12.4. The molecule has 0 aliphatic rings. The van der Waals surface area contributed by atoms with Crippen LogP contribution in [0, 0.1) is 12.7 Å². The van der Waals surface area contributed by atoms with Gasteiger partial charge in [0, 0.05) is 14.8 Å². The van der Waals surface area contributed by atoms with Gasteiger partial charge in [0.1, 0.15) is 5.82 Å². The Morgan fingerprint density at radius 2 is 2.06 bits per heavy atom. The van der Waals surface area contributed by atoms with Crippen molar-refractivity contribution < 1.29 is 4.39 Å². The van der Waals surface area contributed by atoms with Crippen molar-refractivity contribution >= 4 is 28.6 Å². The van der Waals surface area contributed by atoms with Gasteiger partial charge < -0.3 is 5.32 Å². The molecule has 1 aromatic heterocycles. The molecule has 1 unspecified atom stereocenters. The summed E-state index contributed by atoms with van der Waals surface area (Å²) in [4.78, 5) is 2.43. The average molecular weight is 270 g/mol. The number of benzene rings is 1. The predicted octanol–water partition coefficient (Wildman–Crippen LogP) is 5.02. The van der Waals surface area contributed by atoms with Crippen molar-refractivity contribution in [1.29, 1.82) is 0 Å². The van der Waals surface area contributed by atoms with Gasteiger partial charge in [-0.2, -0.15) is 0 Å². The topological polar surface area (TPSA) is 12.0 Å². The van der Waals surface area contributed by atoms with Gasteiger partial charge in [0.05, 0.1) is 11.7 Å². The van der Waals surface area contributed by atoms with Gasteiger partial charge in [-0.3, -0.25) is 0 Å². The molecular weight excluding hydrogens is 257 g/mol. The number of nitrogens with one attached hydrogen (secondary N) is 1. The van der Waals surface area contributed by atoms with Gasteiger partial charge in [-0.05, 0) is 44.2 Å². The third-order valence-electron chi connectivity index (χ3n) is 2.49. The van der Waals surface area contributed by atoms with E-state index in [1.54, 1.807) is 23.5 Å². The molecule has 1 atom stereocenters. The summed E-state index contributed by atoms with van der Waals surface area (Å²) in [5.41, 5.74) is 0.441. The number of halogens is 2. The van der Waals surface area contributed by atoms with Crippen LogP contribution >= 0.6 is 22.9 Å². The Labute approximate surface area is 109 Å². The Hall–Kier alpha value is -1.06. The van der Waals surface area contributed by atoms with E-state index in [1.807, 2.05) is 6.92 Å². The summed E-state index contributed by atoms with van der Waals surface area (Å²) >= 11 is 7.55. The predicted molar refractivity (Wildman–Crippen MR) is 72.5 cm³/mol. The van der Waals surface area contributed by atoms with Crippen molar-refractivity contribution in [3.05, 3.63) is 50.9 Å². The molecule has 1 N–H and O–H groups in total. The Bertz CT molecular complexity index is 524. The molecule has 0 spiro atoms. The molecule has 17 heavy (non-hydrogen) atoms. The maximum absolute atomic E-state index is 13.5. The Balaban J connectivity index is 2.18. The molecule has 90 valence electrons. The summed E-state index contributed by atoms with van der Waals surface area (Å²) in [6.07, 6.45) is 0. The largest absolute Gasteiger partial charge is 0.375 e. The van der Waals surface area contributed by atoms with Crippen molar-refractivity contribution in [2.24, 2.45) is 0 Å². The molecule has 2 rings (SSSR count). The molecule has 0 saturated carbocycles. The van der Waals surface area contributed by atoms with Gasteiger partial charge in [0.2, 0.25) is 0 Å². The van der Waals surface area contributed by atoms with E-state index < -0.39 is 0 Å². The highest BCUT2D eigenvalue weighted by molar-refractivity contribution is 7.12. The highest BCUT2D eigenvalue weighted by Gasteiger charge is 2.10. The molecule has 0 fully saturated rings. The number of thiophene rings is 1. The molecular formula is C13H13ClFNS. The second kappa shape index (κ2) is 5.07. The number of aryl methyl sites for hydroxylation is 1. The first-order valence-corrected chi connectivity index (χ1v) is 6.53. The van der Waals surface area contributed by atoms with Gasteiger partial charge >= 0.3 is 0 Å². The van der Waals surface area contributed by atoms with Crippen LogP contribution in [-0.4, -0.2) is 0 Å². The van der Waals surface area contributed by atoms with Crippen LogP contribution in [0.5, 0.6) is 0 Å². The minimum atomic E-state index is -0.283. The van der Waals surface area contributed by atoms with Crippen molar-refractivity contribution in [3.63, 3.8) is 0 Å². The molecule has 0 radical (unpaired) electrons. The van der Waals surface area contributed by atoms with E-state index in [0.717, 1.165) is 0 Å². The fourth-order valence-electron chi connectivity index (χ4n) is 1.60. The standard InChI is InChI=1S/C13H13ClFNS/c1-8-3-6-13(17-8)9(2)16-12-7-10(14)4-5-11(12)15/h3-7,9,16H,1-2H3. The Morgan fingerprint density at radius 1 is 1.29 bits per heavy atom. The van der Waals surface area contributed by atoms with E-state index in [0.29, 0.717) is 10.7 Å². The lowest BCUT2D eigenvalue weighted by atomic mass is 10.2. The molecule has 0 saturated heterocycles. The van der Waals surface area contributed by atoms with E-state index in [-0.39, 0.29) is 11.9 Å². The molecule has 0 aliphatic heterocycles. The number of anilines is 1. The molecule has 1 aromatic carbocycles. The van der Waals surface area contributed by atoms with Crippen LogP contribution in [0.2, 0.25) is 5.02 Å². The lowest BCUT2D eigenvalue weighted by Crippen LogP contribution is -2.06. The van der Waals surface area contributed by atoms with Crippen LogP contribution in [0.3, 0.4) is 0 Å². The average Bonchev–Trinajstić information content (AvgIpc) is 2.70. The van der Waals surface area contributed by atoms with Crippen molar-refractivity contribution in [2.45, 2.75) is 19.9 Å². The normalized spacial score (nSPS) is 12.5. The number of hydrogen-bond acceptors (Lipinski definition) is 2. The van der Waals surface area contributed by atoms with E-state index >= 15 is 0 Å². The lowest BCUT2D eigenvalue weighted by Gasteiger charge is -2.14. The van der Waals surface area contributed by atoms with Gasteiger partial charge in [-0.25, -0.2) is 4.39 Å². The fraction of sp³-hybridized carbons (Fsp3) is 0.231. The zero-order valence-corrected chi connectivity index (χ0v) is 11.2. The molecule has 4 heteroatoms. The van der Waals surface area contributed by atoms with E-state index in [4.69, 9.17) is 11.6 Å². The molecule has 1 nitrogen and oxygen atoms in total. The van der Waals surface area contributed by atoms with Crippen LogP contribution < -0.4 is 5.32 Å². The summed E-state index contributed by atoms with van der Waals surface area (Å²) in [5.74, 6) is -0.283. The maximum Gasteiger partial charge on any atom is 0.146 e. The summed E-state index contributed by atoms with van der Waals surface area (Å²) in [7, 11) is 0. The highest BCUT2D eigenvalue weighted by Crippen LogP contribution is 2.28. The highest BCUT2D eigenvalue weighted by atomic mass is 35.5. The molecule has 0 bridgehead atoms. The van der Waals surface area contributed by atoms with E-state index in [2.05, 4.69) is 24.4 Å². The zero-order chi connectivity index (χ0) is 12.4. The van der Waals surface area contributed by atoms with Crippen molar-refractivity contribution in [1.82, 2.24) is 0 Å². The zero-order valence-electron chi connectivity index (χ0n) is 9.63. The van der Waals surface area contributed by atoms with Gasteiger partial charge in [0.25, 0.3) is 0 Å². The summed E-state index contributed by atoms with van der Waals surface area (Å²) in [5, 5.41) is 3.66. The van der Waals surface area contributed by atoms with Crippen molar-refractivity contribution in [3.8, 4) is 0 Å². The smallest absolute Gasteiger partial charge is 0.146 e. The van der Waals surface area contributed by atoms with Gasteiger partial charge in [-0.1, -0.05) is 11.6 Å². The lowest BCUT2D eigenvalue weighted by molar-refractivity contribution is 0.628. The van der Waals surface area contributed by atoms with Crippen LogP contribution in [0.15, 0.2) is 30.3 Å². The van der Waals surface area contributed by atoms with Gasteiger partial charge in [-0.15, -0.1) is 11.3 Å². The molecule has 1 heterocycles. The summed E-state index contributed by atoms with van der Waals surface area (Å²) in [6, 6.07) is 8.71. The van der Waals surface area contributed by atoms with Crippen molar-refractivity contribution in [2.75, 3.05) is 5.32 Å². The minimum Gasteiger partial charge on any atom is -0.375 e. The number of hydrogen-bond donors (Lipinski definition) is 1.